The van der Waals surface area contributed by atoms with E-state index in [4.69, 9.17) is 4.74 Å². The van der Waals surface area contributed by atoms with Gasteiger partial charge in [-0.25, -0.2) is 4.79 Å². The fourth-order valence-electron chi connectivity index (χ4n) is 2.33. The van der Waals surface area contributed by atoms with Crippen molar-refractivity contribution in [1.82, 2.24) is 10.2 Å². The summed E-state index contributed by atoms with van der Waals surface area (Å²) in [5, 5.41) is 2.65. The first-order valence-corrected chi connectivity index (χ1v) is 6.60. The molecule has 1 aliphatic rings. The third kappa shape index (κ3) is 5.04. The SMILES string of the molecule is COC(=O)C(CN1CCCC(C)CC1)NC(C)=O. The van der Waals surface area contributed by atoms with Crippen LogP contribution in [0.25, 0.3) is 0 Å². The van der Waals surface area contributed by atoms with Crippen molar-refractivity contribution in [3.8, 4) is 0 Å². The first-order valence-electron chi connectivity index (χ1n) is 6.60. The van der Waals surface area contributed by atoms with E-state index in [0.717, 1.165) is 31.8 Å². The van der Waals surface area contributed by atoms with Crippen LogP contribution in [0.3, 0.4) is 0 Å². The number of ether oxygens (including phenoxy) is 1. The van der Waals surface area contributed by atoms with Gasteiger partial charge >= 0.3 is 5.97 Å². The van der Waals surface area contributed by atoms with Crippen molar-refractivity contribution in [2.45, 2.75) is 39.2 Å². The van der Waals surface area contributed by atoms with Crippen LogP contribution in [0.15, 0.2) is 0 Å². The Balaban J connectivity index is 2.53. The lowest BCUT2D eigenvalue weighted by Gasteiger charge is -2.25. The molecule has 18 heavy (non-hydrogen) atoms. The van der Waals surface area contributed by atoms with Crippen LogP contribution >= 0.6 is 0 Å². The third-order valence-corrected chi connectivity index (χ3v) is 3.41. The van der Waals surface area contributed by atoms with E-state index >= 15 is 0 Å². The van der Waals surface area contributed by atoms with Crippen molar-refractivity contribution in [2.24, 2.45) is 5.92 Å². The van der Waals surface area contributed by atoms with Crippen LogP contribution in [0, 0.1) is 5.92 Å². The lowest BCUT2D eigenvalue weighted by atomic mass is 10.0. The molecule has 0 aromatic rings. The van der Waals surface area contributed by atoms with E-state index in [9.17, 15) is 9.59 Å². The van der Waals surface area contributed by atoms with Gasteiger partial charge in [-0.2, -0.15) is 0 Å². The summed E-state index contributed by atoms with van der Waals surface area (Å²) in [7, 11) is 1.35. The predicted molar refractivity (Wildman–Crippen MR) is 69.1 cm³/mol. The van der Waals surface area contributed by atoms with Gasteiger partial charge in [0, 0.05) is 13.5 Å². The highest BCUT2D eigenvalue weighted by molar-refractivity contribution is 5.83. The minimum atomic E-state index is -0.555. The summed E-state index contributed by atoms with van der Waals surface area (Å²) < 4.78 is 4.73. The highest BCUT2D eigenvalue weighted by Crippen LogP contribution is 2.16. The van der Waals surface area contributed by atoms with E-state index in [0.29, 0.717) is 6.54 Å². The number of carbonyl (C=O) groups is 2. The van der Waals surface area contributed by atoms with Crippen LogP contribution in [0.5, 0.6) is 0 Å². The number of hydrogen-bond donors (Lipinski definition) is 1. The Morgan fingerprint density at radius 2 is 2.11 bits per heavy atom. The second-order valence-electron chi connectivity index (χ2n) is 5.11. The quantitative estimate of drug-likeness (QED) is 0.755. The molecule has 5 nitrogen and oxygen atoms in total. The van der Waals surface area contributed by atoms with E-state index in [1.807, 2.05) is 0 Å². The van der Waals surface area contributed by atoms with Crippen molar-refractivity contribution in [3.05, 3.63) is 0 Å². The van der Waals surface area contributed by atoms with Crippen molar-refractivity contribution >= 4 is 11.9 Å². The maximum atomic E-state index is 11.6. The van der Waals surface area contributed by atoms with Crippen molar-refractivity contribution in [2.75, 3.05) is 26.7 Å². The van der Waals surface area contributed by atoms with Gasteiger partial charge in [0.2, 0.25) is 5.91 Å². The average Bonchev–Trinajstić information content (AvgIpc) is 2.52. The summed E-state index contributed by atoms with van der Waals surface area (Å²) in [5.41, 5.74) is 0. The number of hydrogen-bond acceptors (Lipinski definition) is 4. The number of methoxy groups -OCH3 is 1. The van der Waals surface area contributed by atoms with Gasteiger partial charge < -0.3 is 15.0 Å². The number of amides is 1. The van der Waals surface area contributed by atoms with Gasteiger partial charge in [-0.3, -0.25) is 4.79 Å². The molecule has 2 atom stereocenters. The van der Waals surface area contributed by atoms with Crippen LogP contribution in [0.2, 0.25) is 0 Å². The highest BCUT2D eigenvalue weighted by atomic mass is 16.5. The molecule has 1 fully saturated rings. The van der Waals surface area contributed by atoms with Crippen molar-refractivity contribution < 1.29 is 14.3 Å². The number of nitrogens with zero attached hydrogens (tertiary/aromatic N) is 1. The molecule has 1 rings (SSSR count). The largest absolute Gasteiger partial charge is 0.467 e. The van der Waals surface area contributed by atoms with Crippen LogP contribution in [-0.2, 0) is 14.3 Å². The number of likely N-dealkylation sites (tertiary alicyclic amines) is 1. The standard InChI is InChI=1S/C13H24N2O3/c1-10-5-4-7-15(8-6-10)9-12(13(17)18-3)14-11(2)16/h10,12H,4-9H2,1-3H3,(H,14,16). The molecule has 0 spiro atoms. The summed E-state index contributed by atoms with van der Waals surface area (Å²) >= 11 is 0. The molecule has 1 saturated heterocycles. The third-order valence-electron chi connectivity index (χ3n) is 3.41. The van der Waals surface area contributed by atoms with Crippen LogP contribution < -0.4 is 5.32 Å². The fraction of sp³-hybridized carbons (Fsp3) is 0.846. The summed E-state index contributed by atoms with van der Waals surface area (Å²) in [6.07, 6.45) is 3.53. The second-order valence-corrected chi connectivity index (χ2v) is 5.11. The van der Waals surface area contributed by atoms with Gasteiger partial charge in [0.15, 0.2) is 0 Å². The minimum Gasteiger partial charge on any atom is -0.467 e. The van der Waals surface area contributed by atoms with E-state index < -0.39 is 6.04 Å². The second kappa shape index (κ2) is 7.36. The normalized spacial score (nSPS) is 22.9. The van der Waals surface area contributed by atoms with E-state index in [2.05, 4.69) is 17.1 Å². The van der Waals surface area contributed by atoms with Crippen LogP contribution in [-0.4, -0.2) is 49.6 Å². The van der Waals surface area contributed by atoms with Gasteiger partial charge in [-0.1, -0.05) is 6.92 Å². The zero-order valence-electron chi connectivity index (χ0n) is 11.6. The van der Waals surface area contributed by atoms with Gasteiger partial charge in [0.1, 0.15) is 6.04 Å². The summed E-state index contributed by atoms with van der Waals surface area (Å²) in [6.45, 7) is 6.18. The molecule has 0 aromatic carbocycles. The molecule has 0 aromatic heterocycles. The molecule has 1 heterocycles. The average molecular weight is 256 g/mol. The fourth-order valence-corrected chi connectivity index (χ4v) is 2.33. The molecule has 1 N–H and O–H groups in total. The Morgan fingerprint density at radius 3 is 2.72 bits per heavy atom. The lowest BCUT2D eigenvalue weighted by Crippen LogP contribution is -2.48. The Kier molecular flexibility index (Phi) is 6.12. The molecular formula is C13H24N2O3. The molecule has 104 valence electrons. The van der Waals surface area contributed by atoms with Crippen LogP contribution in [0.1, 0.15) is 33.1 Å². The summed E-state index contributed by atoms with van der Waals surface area (Å²) in [6, 6.07) is -0.555. The Morgan fingerprint density at radius 1 is 1.39 bits per heavy atom. The maximum absolute atomic E-state index is 11.6. The molecule has 0 bridgehead atoms. The topological polar surface area (TPSA) is 58.6 Å². The lowest BCUT2D eigenvalue weighted by molar-refractivity contribution is -0.145. The number of esters is 1. The maximum Gasteiger partial charge on any atom is 0.329 e. The summed E-state index contributed by atoms with van der Waals surface area (Å²) in [4.78, 5) is 24.9. The van der Waals surface area contributed by atoms with E-state index in [1.165, 1.54) is 20.5 Å². The minimum absolute atomic E-state index is 0.200. The molecule has 1 aliphatic heterocycles. The number of carbonyl (C=O) groups excluding carboxylic acids is 2. The monoisotopic (exact) mass is 256 g/mol. The molecule has 0 saturated carbocycles. The van der Waals surface area contributed by atoms with E-state index in [1.54, 1.807) is 0 Å². The molecule has 5 heteroatoms. The molecule has 0 aliphatic carbocycles. The van der Waals surface area contributed by atoms with Gasteiger partial charge in [-0.05, 0) is 38.3 Å². The zero-order chi connectivity index (χ0) is 13.5. The van der Waals surface area contributed by atoms with Gasteiger partial charge in [-0.15, -0.1) is 0 Å². The predicted octanol–water partition coefficient (Wildman–Crippen LogP) is 0.786. The Bertz CT molecular complexity index is 294. The Labute approximate surface area is 109 Å². The molecular weight excluding hydrogens is 232 g/mol. The first kappa shape index (κ1) is 15.0. The number of rotatable bonds is 4. The van der Waals surface area contributed by atoms with E-state index in [-0.39, 0.29) is 11.9 Å². The smallest absolute Gasteiger partial charge is 0.329 e. The van der Waals surface area contributed by atoms with Crippen LogP contribution in [0.4, 0.5) is 0 Å². The highest BCUT2D eigenvalue weighted by Gasteiger charge is 2.24. The van der Waals surface area contributed by atoms with Gasteiger partial charge in [0.05, 0.1) is 7.11 Å². The molecule has 0 radical (unpaired) electrons. The number of nitrogens with one attached hydrogen (secondary N) is 1. The molecule has 2 unspecified atom stereocenters. The first-order chi connectivity index (χ1) is 8.52. The zero-order valence-corrected chi connectivity index (χ0v) is 11.6. The van der Waals surface area contributed by atoms with Crippen molar-refractivity contribution in [1.29, 1.82) is 0 Å². The van der Waals surface area contributed by atoms with Crippen molar-refractivity contribution in [3.63, 3.8) is 0 Å². The summed E-state index contributed by atoms with van der Waals surface area (Å²) in [5.74, 6) is 0.170. The Hall–Kier alpha value is -1.10. The molecule has 1 amide bonds. The van der Waals surface area contributed by atoms with Gasteiger partial charge in [0.25, 0.3) is 0 Å².